The first-order valence-corrected chi connectivity index (χ1v) is 5.89. The molecule has 0 fully saturated rings. The minimum Gasteiger partial charge on any atom is -0.409 e. The van der Waals surface area contributed by atoms with Crippen LogP contribution in [0.3, 0.4) is 0 Å². The maximum absolute atomic E-state index is 11.8. The van der Waals surface area contributed by atoms with Gasteiger partial charge >= 0.3 is 0 Å². The van der Waals surface area contributed by atoms with E-state index in [4.69, 9.17) is 10.9 Å². The lowest BCUT2D eigenvalue weighted by atomic mass is 10.1. The van der Waals surface area contributed by atoms with E-state index in [0.29, 0.717) is 6.42 Å². The molecule has 0 radical (unpaired) electrons. The van der Waals surface area contributed by atoms with E-state index in [1.165, 1.54) is 0 Å². The Morgan fingerprint density at radius 1 is 1.44 bits per heavy atom. The molecule has 18 heavy (non-hydrogen) atoms. The Bertz CT molecular complexity index is 426. The first-order chi connectivity index (χ1) is 8.56. The number of oxime groups is 1. The fraction of sp³-hybridized carbons (Fsp3) is 0.385. The van der Waals surface area contributed by atoms with Gasteiger partial charge in [-0.25, -0.2) is 0 Å². The zero-order valence-electron chi connectivity index (χ0n) is 10.7. The van der Waals surface area contributed by atoms with Gasteiger partial charge in [-0.15, -0.1) is 0 Å². The van der Waals surface area contributed by atoms with Gasteiger partial charge in [-0.05, 0) is 18.9 Å². The molecule has 1 aromatic rings. The molecule has 1 rings (SSSR count). The van der Waals surface area contributed by atoms with Crippen LogP contribution in [0.1, 0.15) is 24.5 Å². The highest BCUT2D eigenvalue weighted by Gasteiger charge is 2.14. The first kappa shape index (κ1) is 14.0. The zero-order valence-corrected chi connectivity index (χ0v) is 10.7. The van der Waals surface area contributed by atoms with Gasteiger partial charge < -0.3 is 16.3 Å². The molecular weight excluding hydrogens is 230 g/mol. The Morgan fingerprint density at radius 3 is 2.56 bits per heavy atom. The molecule has 1 amide bonds. The van der Waals surface area contributed by atoms with Crippen LogP contribution in [0.5, 0.6) is 0 Å². The second-order valence-electron chi connectivity index (χ2n) is 4.22. The van der Waals surface area contributed by atoms with Crippen LogP contribution < -0.4 is 11.1 Å². The molecule has 0 aliphatic rings. The predicted molar refractivity (Wildman–Crippen MR) is 70.5 cm³/mol. The van der Waals surface area contributed by atoms with E-state index in [1.807, 2.05) is 38.1 Å². The molecule has 4 N–H and O–H groups in total. The summed E-state index contributed by atoms with van der Waals surface area (Å²) in [5.74, 6) is -0.118. The molecule has 5 heteroatoms. The van der Waals surface area contributed by atoms with Gasteiger partial charge in [0, 0.05) is 0 Å². The van der Waals surface area contributed by atoms with Crippen LogP contribution in [-0.4, -0.2) is 23.0 Å². The van der Waals surface area contributed by atoms with E-state index in [1.54, 1.807) is 0 Å². The molecule has 1 unspecified atom stereocenters. The van der Waals surface area contributed by atoms with E-state index in [-0.39, 0.29) is 18.2 Å². The lowest BCUT2D eigenvalue weighted by Crippen LogP contribution is -2.44. The monoisotopic (exact) mass is 249 g/mol. The summed E-state index contributed by atoms with van der Waals surface area (Å²) >= 11 is 0. The average Bonchev–Trinajstić information content (AvgIpc) is 2.37. The fourth-order valence-electron chi connectivity index (χ4n) is 1.59. The topological polar surface area (TPSA) is 87.7 Å². The van der Waals surface area contributed by atoms with Crippen molar-refractivity contribution >= 4 is 11.7 Å². The number of amides is 1. The molecule has 0 aliphatic carbocycles. The summed E-state index contributed by atoms with van der Waals surface area (Å²) in [6.45, 7) is 3.85. The minimum atomic E-state index is -0.423. The number of aryl methyl sites for hydroxylation is 1. The van der Waals surface area contributed by atoms with Crippen molar-refractivity contribution in [3.63, 3.8) is 0 Å². The molecule has 0 heterocycles. The number of nitrogens with one attached hydrogen (secondary N) is 1. The first-order valence-electron chi connectivity index (χ1n) is 5.89. The number of amidine groups is 1. The molecule has 0 spiro atoms. The van der Waals surface area contributed by atoms with Crippen molar-refractivity contribution in [3.05, 3.63) is 35.4 Å². The van der Waals surface area contributed by atoms with Crippen LogP contribution in [0.15, 0.2) is 29.4 Å². The van der Waals surface area contributed by atoms with Crippen molar-refractivity contribution in [2.75, 3.05) is 0 Å². The summed E-state index contributed by atoms with van der Waals surface area (Å²) in [7, 11) is 0. The predicted octanol–water partition coefficient (Wildman–Crippen LogP) is 1.18. The van der Waals surface area contributed by atoms with Crippen molar-refractivity contribution in [1.29, 1.82) is 0 Å². The van der Waals surface area contributed by atoms with Gasteiger partial charge in [0.25, 0.3) is 0 Å². The van der Waals surface area contributed by atoms with Gasteiger partial charge in [0.15, 0.2) is 5.84 Å². The summed E-state index contributed by atoms with van der Waals surface area (Å²) in [4.78, 5) is 11.8. The van der Waals surface area contributed by atoms with Crippen molar-refractivity contribution < 1.29 is 10.0 Å². The molecule has 0 aromatic heterocycles. The third-order valence-corrected chi connectivity index (χ3v) is 2.70. The fourth-order valence-corrected chi connectivity index (χ4v) is 1.59. The SMILES string of the molecule is CCC(NC(=O)Cc1ccc(C)cc1)/C(N)=N/O. The lowest BCUT2D eigenvalue weighted by Gasteiger charge is -2.15. The molecule has 0 saturated heterocycles. The van der Waals surface area contributed by atoms with Crippen LogP contribution >= 0.6 is 0 Å². The van der Waals surface area contributed by atoms with Crippen LogP contribution in [0.25, 0.3) is 0 Å². The highest BCUT2D eigenvalue weighted by atomic mass is 16.4. The smallest absolute Gasteiger partial charge is 0.225 e. The number of carbonyl (C=O) groups is 1. The van der Waals surface area contributed by atoms with Crippen LogP contribution in [-0.2, 0) is 11.2 Å². The summed E-state index contributed by atoms with van der Waals surface area (Å²) in [6.07, 6.45) is 0.866. The normalized spacial score (nSPS) is 13.1. The second kappa shape index (κ2) is 6.64. The summed E-state index contributed by atoms with van der Waals surface area (Å²) in [5, 5.41) is 14.2. The lowest BCUT2D eigenvalue weighted by molar-refractivity contribution is -0.120. The van der Waals surface area contributed by atoms with Crippen molar-refractivity contribution in [3.8, 4) is 0 Å². The quantitative estimate of drug-likeness (QED) is 0.317. The molecular formula is C13H19N3O2. The minimum absolute atomic E-state index is 0.0229. The van der Waals surface area contributed by atoms with E-state index in [0.717, 1.165) is 11.1 Å². The third-order valence-electron chi connectivity index (χ3n) is 2.70. The Labute approximate surface area is 107 Å². The van der Waals surface area contributed by atoms with Gasteiger partial charge in [0.05, 0.1) is 12.5 Å². The number of carbonyl (C=O) groups excluding carboxylic acids is 1. The van der Waals surface area contributed by atoms with E-state index >= 15 is 0 Å². The molecule has 98 valence electrons. The standard InChI is InChI=1S/C13H19N3O2/c1-3-11(13(14)16-18)15-12(17)8-10-6-4-9(2)5-7-10/h4-7,11,18H,3,8H2,1-2H3,(H2,14,16)(H,15,17). The maximum Gasteiger partial charge on any atom is 0.225 e. The number of hydrogen-bond acceptors (Lipinski definition) is 3. The van der Waals surface area contributed by atoms with E-state index in [9.17, 15) is 4.79 Å². The molecule has 0 saturated carbocycles. The summed E-state index contributed by atoms with van der Waals surface area (Å²) in [5.41, 5.74) is 7.57. The second-order valence-corrected chi connectivity index (χ2v) is 4.22. The van der Waals surface area contributed by atoms with Gasteiger partial charge in [-0.2, -0.15) is 0 Å². The average molecular weight is 249 g/mol. The molecule has 1 atom stereocenters. The number of rotatable bonds is 5. The highest BCUT2D eigenvalue weighted by molar-refractivity contribution is 5.90. The van der Waals surface area contributed by atoms with Gasteiger partial charge in [0.1, 0.15) is 0 Å². The molecule has 0 aliphatic heterocycles. The Hall–Kier alpha value is -2.04. The number of nitrogens with zero attached hydrogens (tertiary/aromatic N) is 1. The summed E-state index contributed by atoms with van der Waals surface area (Å²) < 4.78 is 0. The highest BCUT2D eigenvalue weighted by Crippen LogP contribution is 2.04. The van der Waals surface area contributed by atoms with Crippen molar-refractivity contribution in [2.24, 2.45) is 10.9 Å². The van der Waals surface area contributed by atoms with Crippen molar-refractivity contribution in [1.82, 2.24) is 5.32 Å². The van der Waals surface area contributed by atoms with Crippen LogP contribution in [0.4, 0.5) is 0 Å². The third kappa shape index (κ3) is 4.08. The van der Waals surface area contributed by atoms with Crippen LogP contribution in [0.2, 0.25) is 0 Å². The van der Waals surface area contributed by atoms with Crippen molar-refractivity contribution in [2.45, 2.75) is 32.7 Å². The number of benzene rings is 1. The largest absolute Gasteiger partial charge is 0.409 e. The maximum atomic E-state index is 11.8. The number of hydrogen-bond donors (Lipinski definition) is 3. The van der Waals surface area contributed by atoms with E-state index in [2.05, 4.69) is 10.5 Å². The Morgan fingerprint density at radius 2 is 2.06 bits per heavy atom. The van der Waals surface area contributed by atoms with Gasteiger partial charge in [0.2, 0.25) is 5.91 Å². The molecule has 0 bridgehead atoms. The Kier molecular flexibility index (Phi) is 5.17. The van der Waals surface area contributed by atoms with Gasteiger partial charge in [-0.3, -0.25) is 4.79 Å². The van der Waals surface area contributed by atoms with Crippen LogP contribution in [0, 0.1) is 6.92 Å². The molecule has 5 nitrogen and oxygen atoms in total. The zero-order chi connectivity index (χ0) is 13.5. The summed E-state index contributed by atoms with van der Waals surface area (Å²) in [6, 6.07) is 7.33. The van der Waals surface area contributed by atoms with Gasteiger partial charge in [-0.1, -0.05) is 41.9 Å². The van der Waals surface area contributed by atoms with E-state index < -0.39 is 6.04 Å². The number of nitrogens with two attached hydrogens (primary N) is 1. The Balaban J connectivity index is 2.58. The molecule has 1 aromatic carbocycles.